The highest BCUT2D eigenvalue weighted by atomic mass is 16.6. The van der Waals surface area contributed by atoms with Crippen LogP contribution in [0.2, 0.25) is 0 Å². The highest BCUT2D eigenvalue weighted by Gasteiger charge is 2.32. The fourth-order valence-electron chi connectivity index (χ4n) is 2.74. The second kappa shape index (κ2) is 9.89. The largest absolute Gasteiger partial charge is 0.464 e. The van der Waals surface area contributed by atoms with Gasteiger partial charge in [0.05, 0.1) is 6.61 Å². The van der Waals surface area contributed by atoms with E-state index in [1.54, 1.807) is 0 Å². The van der Waals surface area contributed by atoms with Crippen molar-refractivity contribution in [1.29, 1.82) is 0 Å². The third kappa shape index (κ3) is 4.93. The topological polar surface area (TPSA) is 35.5 Å². The summed E-state index contributed by atoms with van der Waals surface area (Å²) in [6.07, 6.45) is 1.31. The van der Waals surface area contributed by atoms with Crippen molar-refractivity contribution >= 4 is 5.97 Å². The Labute approximate surface area is 144 Å². The maximum Gasteiger partial charge on any atom is 0.336 e. The van der Waals surface area contributed by atoms with Crippen LogP contribution in [0, 0.1) is 0 Å². The number of hydrogen-bond acceptors (Lipinski definition) is 3. The molecule has 0 radical (unpaired) electrons. The Morgan fingerprint density at radius 1 is 0.917 bits per heavy atom. The summed E-state index contributed by atoms with van der Waals surface area (Å²) in [6, 6.07) is 20.0. The molecule has 0 aliphatic rings. The number of carbonyl (C=O) groups excluding carboxylic acids is 1. The van der Waals surface area contributed by atoms with Crippen molar-refractivity contribution in [2.24, 2.45) is 0 Å². The lowest BCUT2D eigenvalue weighted by atomic mass is 9.86. The molecule has 2 rings (SSSR count). The second-order valence-electron chi connectivity index (χ2n) is 5.70. The molecule has 0 spiro atoms. The monoisotopic (exact) mass is 326 g/mol. The zero-order valence-electron chi connectivity index (χ0n) is 14.5. The van der Waals surface area contributed by atoms with Crippen molar-refractivity contribution in [3.63, 3.8) is 0 Å². The Morgan fingerprint density at radius 2 is 1.46 bits per heavy atom. The van der Waals surface area contributed by atoms with Gasteiger partial charge in [0, 0.05) is 12.5 Å². The third-order valence-electron chi connectivity index (χ3n) is 3.93. The van der Waals surface area contributed by atoms with E-state index in [9.17, 15) is 4.79 Å². The van der Waals surface area contributed by atoms with Crippen LogP contribution in [0.5, 0.6) is 0 Å². The summed E-state index contributed by atoms with van der Waals surface area (Å²) < 4.78 is 11.3. The smallest absolute Gasteiger partial charge is 0.336 e. The lowest BCUT2D eigenvalue weighted by Crippen LogP contribution is -2.34. The summed E-state index contributed by atoms with van der Waals surface area (Å²) in [4.78, 5) is 12.6. The van der Waals surface area contributed by atoms with Crippen LogP contribution < -0.4 is 0 Å². The van der Waals surface area contributed by atoms with Gasteiger partial charge in [-0.2, -0.15) is 0 Å². The summed E-state index contributed by atoms with van der Waals surface area (Å²) in [7, 11) is 0. The van der Waals surface area contributed by atoms with E-state index in [0.717, 1.165) is 24.0 Å². The van der Waals surface area contributed by atoms with E-state index in [0.29, 0.717) is 13.2 Å². The van der Waals surface area contributed by atoms with Crippen LogP contribution in [0.4, 0.5) is 0 Å². The molecule has 128 valence electrons. The fraction of sp³-hybridized carbons (Fsp3) is 0.381. The molecule has 0 aromatic heterocycles. The quantitative estimate of drug-likeness (QED) is 0.500. The first-order valence-electron chi connectivity index (χ1n) is 8.66. The first kappa shape index (κ1) is 18.2. The van der Waals surface area contributed by atoms with Gasteiger partial charge in [-0.3, -0.25) is 0 Å². The molecule has 2 aromatic carbocycles. The molecule has 0 aliphatic heterocycles. The first-order valence-corrected chi connectivity index (χ1v) is 8.66. The number of ether oxygens (including phenoxy) is 2. The maximum atomic E-state index is 12.6. The standard InChI is InChI=1S/C21H26O3/c1-3-5-16-24-20(21(22)23-4-2)19(17-12-8-6-9-13-17)18-14-10-7-11-15-18/h6-15,19-20H,3-5,16H2,1-2H3. The number of benzene rings is 2. The predicted molar refractivity (Wildman–Crippen MR) is 96.0 cm³/mol. The van der Waals surface area contributed by atoms with E-state index >= 15 is 0 Å². The molecule has 2 aromatic rings. The average molecular weight is 326 g/mol. The van der Waals surface area contributed by atoms with Gasteiger partial charge in [0.2, 0.25) is 0 Å². The molecular formula is C21H26O3. The molecule has 0 N–H and O–H groups in total. The van der Waals surface area contributed by atoms with E-state index in [-0.39, 0.29) is 11.9 Å². The van der Waals surface area contributed by atoms with Gasteiger partial charge < -0.3 is 9.47 Å². The van der Waals surface area contributed by atoms with E-state index < -0.39 is 6.10 Å². The minimum atomic E-state index is -0.638. The number of rotatable bonds is 9. The van der Waals surface area contributed by atoms with Crippen molar-refractivity contribution in [3.05, 3.63) is 71.8 Å². The molecule has 1 atom stereocenters. The molecule has 0 saturated heterocycles. The normalized spacial score (nSPS) is 12.1. The molecule has 0 saturated carbocycles. The van der Waals surface area contributed by atoms with Gasteiger partial charge in [-0.1, -0.05) is 74.0 Å². The Hall–Kier alpha value is -2.13. The Kier molecular flexibility index (Phi) is 7.50. The van der Waals surface area contributed by atoms with Crippen molar-refractivity contribution in [3.8, 4) is 0 Å². The summed E-state index contributed by atoms with van der Waals surface area (Å²) in [6.45, 7) is 4.83. The Bertz CT molecular complexity index is 555. The molecular weight excluding hydrogens is 300 g/mol. The summed E-state index contributed by atoms with van der Waals surface area (Å²) in [5, 5.41) is 0. The van der Waals surface area contributed by atoms with Crippen LogP contribution in [0.1, 0.15) is 43.7 Å². The minimum Gasteiger partial charge on any atom is -0.464 e. The fourth-order valence-corrected chi connectivity index (χ4v) is 2.74. The van der Waals surface area contributed by atoms with Crippen LogP contribution in [0.3, 0.4) is 0 Å². The minimum absolute atomic E-state index is 0.177. The van der Waals surface area contributed by atoms with Gasteiger partial charge in [-0.05, 0) is 24.5 Å². The lowest BCUT2D eigenvalue weighted by molar-refractivity contribution is -0.157. The van der Waals surface area contributed by atoms with E-state index in [1.807, 2.05) is 67.6 Å². The summed E-state index contributed by atoms with van der Waals surface area (Å²) in [5.74, 6) is -0.477. The van der Waals surface area contributed by atoms with Gasteiger partial charge in [0.15, 0.2) is 6.10 Å². The van der Waals surface area contributed by atoms with Crippen LogP contribution in [0.15, 0.2) is 60.7 Å². The van der Waals surface area contributed by atoms with E-state index in [1.165, 1.54) is 0 Å². The van der Waals surface area contributed by atoms with Gasteiger partial charge in [-0.25, -0.2) is 4.79 Å². The highest BCUT2D eigenvalue weighted by Crippen LogP contribution is 2.30. The number of carbonyl (C=O) groups is 1. The van der Waals surface area contributed by atoms with Crippen LogP contribution in [0.25, 0.3) is 0 Å². The van der Waals surface area contributed by atoms with Crippen molar-refractivity contribution in [2.45, 2.75) is 38.7 Å². The van der Waals surface area contributed by atoms with Crippen LogP contribution in [-0.4, -0.2) is 25.3 Å². The molecule has 0 aliphatic carbocycles. The van der Waals surface area contributed by atoms with Gasteiger partial charge in [-0.15, -0.1) is 0 Å². The van der Waals surface area contributed by atoms with Crippen LogP contribution in [-0.2, 0) is 14.3 Å². The van der Waals surface area contributed by atoms with E-state index in [4.69, 9.17) is 9.47 Å². The summed E-state index contributed by atoms with van der Waals surface area (Å²) in [5.41, 5.74) is 2.11. The van der Waals surface area contributed by atoms with Crippen molar-refractivity contribution in [1.82, 2.24) is 0 Å². The van der Waals surface area contributed by atoms with Gasteiger partial charge in [0.25, 0.3) is 0 Å². The predicted octanol–water partition coefficient (Wildman–Crippen LogP) is 4.57. The number of esters is 1. The zero-order chi connectivity index (χ0) is 17.2. The highest BCUT2D eigenvalue weighted by molar-refractivity contribution is 5.77. The average Bonchev–Trinajstić information content (AvgIpc) is 2.63. The molecule has 24 heavy (non-hydrogen) atoms. The van der Waals surface area contributed by atoms with Crippen molar-refractivity contribution < 1.29 is 14.3 Å². The zero-order valence-corrected chi connectivity index (χ0v) is 14.5. The summed E-state index contributed by atoms with van der Waals surface area (Å²) >= 11 is 0. The Balaban J connectivity index is 2.38. The second-order valence-corrected chi connectivity index (χ2v) is 5.70. The molecule has 0 bridgehead atoms. The van der Waals surface area contributed by atoms with Gasteiger partial charge in [0.1, 0.15) is 0 Å². The number of hydrogen-bond donors (Lipinski definition) is 0. The molecule has 0 heterocycles. The molecule has 3 nitrogen and oxygen atoms in total. The molecule has 0 amide bonds. The Morgan fingerprint density at radius 3 is 1.92 bits per heavy atom. The molecule has 1 unspecified atom stereocenters. The van der Waals surface area contributed by atoms with Crippen LogP contribution >= 0.6 is 0 Å². The maximum absolute atomic E-state index is 12.6. The molecule has 0 fully saturated rings. The third-order valence-corrected chi connectivity index (χ3v) is 3.93. The first-order chi connectivity index (χ1) is 11.8. The SMILES string of the molecule is CCCCOC(C(=O)OCC)C(c1ccccc1)c1ccccc1. The van der Waals surface area contributed by atoms with E-state index in [2.05, 4.69) is 6.92 Å². The molecule has 3 heteroatoms. The van der Waals surface area contributed by atoms with Gasteiger partial charge >= 0.3 is 5.97 Å². The number of unbranched alkanes of at least 4 members (excludes halogenated alkanes) is 1. The lowest BCUT2D eigenvalue weighted by Gasteiger charge is -2.26. The van der Waals surface area contributed by atoms with Crippen molar-refractivity contribution in [2.75, 3.05) is 13.2 Å².